The fraction of sp³-hybridized carbons (Fsp3) is 0.464. The van der Waals surface area contributed by atoms with Crippen LogP contribution in [0.5, 0.6) is 34.5 Å². The highest BCUT2D eigenvalue weighted by Crippen LogP contribution is 2.57. The van der Waals surface area contributed by atoms with Gasteiger partial charge < -0.3 is 37.9 Å². The molecule has 74 heavy (non-hydrogen) atoms. The molecule has 16 nitrogen and oxygen atoms in total. The van der Waals surface area contributed by atoms with Crippen LogP contribution in [0.1, 0.15) is 104 Å². The molecule has 1 fully saturated rings. The molecule has 0 radical (unpaired) electrons. The van der Waals surface area contributed by atoms with Crippen LogP contribution in [0.2, 0.25) is 0 Å². The summed E-state index contributed by atoms with van der Waals surface area (Å²) in [5.41, 5.74) is 0. The molecule has 3 aromatic rings. The van der Waals surface area contributed by atoms with Gasteiger partial charge in [0.05, 0.1) is 76.6 Å². The molecule has 0 N–H and O–H groups in total. The Morgan fingerprint density at radius 2 is 0.919 bits per heavy atom. The number of hydrogen-bond donors (Lipinski definition) is 0. The van der Waals surface area contributed by atoms with Crippen molar-refractivity contribution in [3.8, 4) is 46.6 Å². The van der Waals surface area contributed by atoms with Gasteiger partial charge in [0.25, 0.3) is 0 Å². The minimum atomic E-state index is -1.01. The number of ether oxygens (including phenoxy) is 8. The zero-order valence-electron chi connectivity index (χ0n) is 42.0. The average molecular weight is 1050 g/mol. The second-order valence-electron chi connectivity index (χ2n) is 17.9. The van der Waals surface area contributed by atoms with Gasteiger partial charge in [0, 0.05) is 12.2 Å². The standard InChI is InChI=1S/C56H64N2O14S2/c1-5-48(59)67-33-13-9-7-11-31-65-42-21-25-44(26-22-42)69-52(61)37(3)15-16-38(4)53(62)71-46-29-30-47(51-50(46)73-56(74-51)41(35-57)36-58)72-55(64)40-19-17-39(18-20-40)54(63)70-45-27-23-43(24-28-45)66-32-12-8-10-14-34-68-49(60)6-2/h5-6,21-30,37-41,56H,1-2,7-20,31-34H2,3-4H3/t37?,38-,39?,40?,56?/m0/s1. The van der Waals surface area contributed by atoms with Crippen LogP contribution in [0.4, 0.5) is 0 Å². The van der Waals surface area contributed by atoms with Crippen LogP contribution in [-0.4, -0.2) is 66.8 Å². The van der Waals surface area contributed by atoms with E-state index >= 15 is 0 Å². The number of unbranched alkanes of at least 4 members (excludes halogenated alkanes) is 6. The van der Waals surface area contributed by atoms with Crippen molar-refractivity contribution >= 4 is 59.3 Å². The van der Waals surface area contributed by atoms with Crippen molar-refractivity contribution in [2.75, 3.05) is 26.4 Å². The molecule has 0 bridgehead atoms. The summed E-state index contributed by atoms with van der Waals surface area (Å²) >= 11 is 2.38. The highest BCUT2D eigenvalue weighted by atomic mass is 32.2. The Kier molecular flexibility index (Phi) is 24.4. The van der Waals surface area contributed by atoms with E-state index in [1.165, 1.54) is 35.7 Å². The number of carbonyl (C=O) groups is 6. The monoisotopic (exact) mass is 1050 g/mol. The first-order chi connectivity index (χ1) is 35.8. The first kappa shape index (κ1) is 58.1. The van der Waals surface area contributed by atoms with Crippen molar-refractivity contribution < 1.29 is 66.7 Å². The third-order valence-electron chi connectivity index (χ3n) is 12.2. The number of hydrogen-bond acceptors (Lipinski definition) is 18. The topological polar surface area (TPSA) is 224 Å². The molecule has 1 aliphatic carbocycles. The highest BCUT2D eigenvalue weighted by molar-refractivity contribution is 8.19. The summed E-state index contributed by atoms with van der Waals surface area (Å²) in [4.78, 5) is 76.3. The van der Waals surface area contributed by atoms with Crippen molar-refractivity contribution in [2.45, 2.75) is 118 Å². The molecule has 1 heterocycles. The van der Waals surface area contributed by atoms with Gasteiger partial charge >= 0.3 is 35.8 Å². The quantitative estimate of drug-likeness (QED) is 0.0262. The van der Waals surface area contributed by atoms with Gasteiger partial charge in [0.15, 0.2) is 5.92 Å². The van der Waals surface area contributed by atoms with E-state index in [9.17, 15) is 39.3 Å². The molecule has 5 rings (SSSR count). The van der Waals surface area contributed by atoms with Crippen LogP contribution in [-0.2, 0) is 38.2 Å². The number of fused-ring (bicyclic) bond motifs is 1. The Bertz CT molecular complexity index is 2460. The molecule has 394 valence electrons. The molecule has 3 atom stereocenters. The van der Waals surface area contributed by atoms with Crippen molar-refractivity contribution in [1.82, 2.24) is 0 Å². The fourth-order valence-electron chi connectivity index (χ4n) is 7.74. The number of nitrogens with zero attached hydrogens (tertiary/aromatic N) is 2. The number of thioether (sulfide) groups is 2. The first-order valence-corrected chi connectivity index (χ1v) is 26.8. The molecule has 3 aromatic carbocycles. The van der Waals surface area contributed by atoms with Gasteiger partial charge in [-0.3, -0.25) is 19.2 Å². The van der Waals surface area contributed by atoms with Crippen LogP contribution < -0.4 is 28.4 Å². The second-order valence-corrected chi connectivity index (χ2v) is 20.5. The predicted octanol–water partition coefficient (Wildman–Crippen LogP) is 11.1. The Morgan fingerprint density at radius 1 is 0.541 bits per heavy atom. The molecule has 2 unspecified atom stereocenters. The van der Waals surface area contributed by atoms with Crippen LogP contribution >= 0.6 is 23.5 Å². The summed E-state index contributed by atoms with van der Waals surface area (Å²) in [5, 5.41) is 19.4. The maximum absolute atomic E-state index is 13.6. The maximum Gasteiger partial charge on any atom is 0.330 e. The summed E-state index contributed by atoms with van der Waals surface area (Å²) in [7, 11) is 0. The molecule has 2 aliphatic rings. The van der Waals surface area contributed by atoms with Gasteiger partial charge in [-0.25, -0.2) is 9.59 Å². The maximum atomic E-state index is 13.6. The van der Waals surface area contributed by atoms with Crippen molar-refractivity contribution in [3.63, 3.8) is 0 Å². The molecule has 1 saturated carbocycles. The zero-order valence-corrected chi connectivity index (χ0v) is 43.6. The van der Waals surface area contributed by atoms with Crippen LogP contribution in [0.25, 0.3) is 0 Å². The van der Waals surface area contributed by atoms with Gasteiger partial charge in [-0.1, -0.05) is 27.0 Å². The minimum Gasteiger partial charge on any atom is -0.494 e. The van der Waals surface area contributed by atoms with Crippen molar-refractivity contribution in [2.24, 2.45) is 29.6 Å². The summed E-state index contributed by atoms with van der Waals surface area (Å²) < 4.78 is 44.1. The lowest BCUT2D eigenvalue weighted by Crippen LogP contribution is -2.30. The molecule has 0 spiro atoms. The van der Waals surface area contributed by atoms with Crippen molar-refractivity contribution in [3.05, 3.63) is 86.0 Å². The third-order valence-corrected chi connectivity index (χ3v) is 15.2. The molecule has 0 saturated heterocycles. The van der Waals surface area contributed by atoms with Gasteiger partial charge in [-0.2, -0.15) is 10.5 Å². The van der Waals surface area contributed by atoms with Crippen LogP contribution in [0.15, 0.2) is 95.8 Å². The first-order valence-electron chi connectivity index (χ1n) is 25.0. The lowest BCUT2D eigenvalue weighted by molar-refractivity contribution is -0.145. The Balaban J connectivity index is 1.04. The van der Waals surface area contributed by atoms with E-state index in [-0.39, 0.29) is 17.5 Å². The summed E-state index contributed by atoms with van der Waals surface area (Å²) in [5.74, 6) is -3.28. The Labute approximate surface area is 441 Å². The highest BCUT2D eigenvalue weighted by Gasteiger charge is 2.38. The van der Waals surface area contributed by atoms with Gasteiger partial charge in [0.1, 0.15) is 34.5 Å². The molecule has 0 aromatic heterocycles. The fourth-order valence-corrected chi connectivity index (χ4v) is 10.6. The molecular weight excluding hydrogens is 989 g/mol. The number of nitriles is 2. The lowest BCUT2D eigenvalue weighted by Gasteiger charge is -2.26. The van der Waals surface area contributed by atoms with Gasteiger partial charge in [-0.15, -0.1) is 23.5 Å². The van der Waals surface area contributed by atoms with Gasteiger partial charge in [0.2, 0.25) is 0 Å². The minimum absolute atomic E-state index is 0.199. The molecule has 18 heteroatoms. The summed E-state index contributed by atoms with van der Waals surface area (Å²) in [6.07, 6.45) is 11.5. The summed E-state index contributed by atoms with van der Waals surface area (Å²) in [6, 6.07) is 20.7. The average Bonchev–Trinajstić information content (AvgIpc) is 3.87. The van der Waals surface area contributed by atoms with E-state index < -0.39 is 64.0 Å². The van der Waals surface area contributed by atoms with E-state index in [2.05, 4.69) is 13.2 Å². The number of benzene rings is 3. The summed E-state index contributed by atoms with van der Waals surface area (Å²) in [6.45, 7) is 11.9. The van der Waals surface area contributed by atoms with Crippen molar-refractivity contribution in [1.29, 1.82) is 10.5 Å². The molecular formula is C56H64N2O14S2. The second kappa shape index (κ2) is 31.1. The Morgan fingerprint density at radius 3 is 1.35 bits per heavy atom. The van der Waals surface area contributed by atoms with E-state index in [4.69, 9.17) is 37.9 Å². The van der Waals surface area contributed by atoms with Crippen LogP contribution in [0.3, 0.4) is 0 Å². The Hall–Kier alpha value is -6.76. The number of esters is 6. The molecule has 1 aliphatic heterocycles. The number of carbonyl (C=O) groups excluding carboxylic acids is 6. The molecule has 0 amide bonds. The smallest absolute Gasteiger partial charge is 0.330 e. The van der Waals surface area contributed by atoms with E-state index in [1.807, 2.05) is 12.1 Å². The predicted molar refractivity (Wildman–Crippen MR) is 275 cm³/mol. The van der Waals surface area contributed by atoms with Gasteiger partial charge in [-0.05, 0) is 151 Å². The van der Waals surface area contributed by atoms with Crippen LogP contribution in [0, 0.1) is 52.3 Å². The SMILES string of the molecule is C=CC(=O)OCCCCCCOc1ccc(OC(=O)C(C)CC[C@H](C)C(=O)Oc2ccc(OC(=O)C3CCC(C(=O)Oc4ccc(OCCCCCCOC(=O)C=C)cc4)CC3)c3c2SC(C(C#N)C#N)S3)cc1. The zero-order chi connectivity index (χ0) is 53.2. The third kappa shape index (κ3) is 18.9. The largest absolute Gasteiger partial charge is 0.494 e. The normalized spacial score (nSPS) is 16.4. The van der Waals surface area contributed by atoms with E-state index in [0.717, 1.165) is 63.5 Å². The van der Waals surface area contributed by atoms with E-state index in [0.29, 0.717) is 97.7 Å². The van der Waals surface area contributed by atoms with E-state index in [1.54, 1.807) is 62.4 Å². The lowest BCUT2D eigenvalue weighted by atomic mass is 9.82. The number of rotatable bonds is 30.